The lowest BCUT2D eigenvalue weighted by atomic mass is 9.95. The standard InChI is InChI=1S/C42H44F5N3O2.C2H6/c1-4-48-24-22-32(23-25-48)27-49(26-31-13-16-33(17-14-31)34-18-20-36(21-19-34)42(45,46)47)40(52)28-50(39-11-6-5-9-37(39)30(3)51)29(2)12-15-35-8-7-10-38(43)41(35)44;1-2/h5-11,13-14,16-21,32H,2,4,12,15,22-28H2,1,3H3;1-2H3. The minimum absolute atomic E-state index is 0.133. The molecule has 5 nitrogen and oxygen atoms in total. The second-order valence-electron chi connectivity index (χ2n) is 13.4. The normalized spacial score (nSPS) is 13.5. The van der Waals surface area contributed by atoms with Gasteiger partial charge in [-0.05, 0) is 111 Å². The molecule has 1 aliphatic heterocycles. The molecule has 10 heteroatoms. The minimum atomic E-state index is -4.42. The van der Waals surface area contributed by atoms with Crippen molar-refractivity contribution in [2.24, 2.45) is 5.92 Å². The van der Waals surface area contributed by atoms with Crippen LogP contribution in [0.5, 0.6) is 0 Å². The summed E-state index contributed by atoms with van der Waals surface area (Å²) in [5.74, 6) is -1.97. The van der Waals surface area contributed by atoms with E-state index < -0.39 is 23.4 Å². The maximum absolute atomic E-state index is 14.6. The molecule has 4 aromatic carbocycles. The number of likely N-dealkylation sites (tertiary alicyclic amines) is 1. The lowest BCUT2D eigenvalue weighted by molar-refractivity contribution is -0.137. The molecule has 5 rings (SSSR count). The lowest BCUT2D eigenvalue weighted by Crippen LogP contribution is -2.44. The van der Waals surface area contributed by atoms with Crippen LogP contribution in [-0.2, 0) is 23.9 Å². The van der Waals surface area contributed by atoms with Crippen molar-refractivity contribution in [3.05, 3.63) is 137 Å². The molecule has 0 aromatic heterocycles. The Morgan fingerprint density at radius 1 is 0.852 bits per heavy atom. The van der Waals surface area contributed by atoms with Gasteiger partial charge in [0.05, 0.1) is 11.3 Å². The highest BCUT2D eigenvalue weighted by Crippen LogP contribution is 2.32. The van der Waals surface area contributed by atoms with Gasteiger partial charge in [0, 0.05) is 24.4 Å². The number of benzene rings is 4. The van der Waals surface area contributed by atoms with Gasteiger partial charge in [-0.25, -0.2) is 8.78 Å². The summed E-state index contributed by atoms with van der Waals surface area (Å²) >= 11 is 0. The molecule has 0 saturated carbocycles. The van der Waals surface area contributed by atoms with Crippen molar-refractivity contribution < 1.29 is 31.5 Å². The van der Waals surface area contributed by atoms with Crippen molar-refractivity contribution in [1.82, 2.24) is 9.80 Å². The van der Waals surface area contributed by atoms with Gasteiger partial charge >= 0.3 is 6.18 Å². The number of carbonyl (C=O) groups is 2. The van der Waals surface area contributed by atoms with E-state index in [0.29, 0.717) is 35.6 Å². The first kappa shape index (κ1) is 41.9. The predicted molar refractivity (Wildman–Crippen MR) is 206 cm³/mol. The second-order valence-corrected chi connectivity index (χ2v) is 13.4. The number of nitrogens with zero attached hydrogens (tertiary/aromatic N) is 3. The van der Waals surface area contributed by atoms with Gasteiger partial charge in [-0.1, -0.05) is 88.0 Å². The third kappa shape index (κ3) is 11.1. The number of hydrogen-bond acceptors (Lipinski definition) is 4. The zero-order valence-electron chi connectivity index (χ0n) is 31.6. The molecule has 0 bridgehead atoms. The van der Waals surface area contributed by atoms with E-state index in [1.807, 2.05) is 43.0 Å². The Kier molecular flexibility index (Phi) is 15.1. The van der Waals surface area contributed by atoms with Crippen molar-refractivity contribution in [3.63, 3.8) is 0 Å². The molecule has 1 saturated heterocycles. The Bertz CT molecular complexity index is 1850. The molecule has 1 amide bonds. The number of rotatable bonds is 14. The van der Waals surface area contributed by atoms with Crippen LogP contribution in [0.25, 0.3) is 11.1 Å². The van der Waals surface area contributed by atoms with E-state index in [1.165, 1.54) is 31.2 Å². The molecule has 0 atom stereocenters. The van der Waals surface area contributed by atoms with Gasteiger partial charge in [-0.2, -0.15) is 13.2 Å². The van der Waals surface area contributed by atoms with Crippen LogP contribution in [0.2, 0.25) is 0 Å². The van der Waals surface area contributed by atoms with Crippen LogP contribution in [0.3, 0.4) is 0 Å². The number of anilines is 1. The van der Waals surface area contributed by atoms with Crippen molar-refractivity contribution in [2.45, 2.75) is 66.1 Å². The molecule has 0 aliphatic carbocycles. The Labute approximate surface area is 316 Å². The zero-order chi connectivity index (χ0) is 39.4. The average molecular weight is 748 g/mol. The van der Waals surface area contributed by atoms with Crippen LogP contribution in [0, 0.1) is 17.6 Å². The fourth-order valence-corrected chi connectivity index (χ4v) is 6.69. The summed E-state index contributed by atoms with van der Waals surface area (Å²) in [6.07, 6.45) is -2.19. The van der Waals surface area contributed by atoms with E-state index in [4.69, 9.17) is 0 Å². The number of aryl methyl sites for hydroxylation is 1. The Morgan fingerprint density at radius 2 is 1.46 bits per heavy atom. The van der Waals surface area contributed by atoms with Crippen LogP contribution in [0.4, 0.5) is 27.6 Å². The summed E-state index contributed by atoms with van der Waals surface area (Å²) in [6.45, 7) is 15.4. The summed E-state index contributed by atoms with van der Waals surface area (Å²) in [5.41, 5.74) is 3.11. The minimum Gasteiger partial charge on any atom is -0.337 e. The number of ketones is 1. The first-order valence-corrected chi connectivity index (χ1v) is 18.6. The van der Waals surface area contributed by atoms with Crippen molar-refractivity contribution in [1.29, 1.82) is 0 Å². The molecule has 0 spiro atoms. The highest BCUT2D eigenvalue weighted by atomic mass is 19.4. The molecule has 288 valence electrons. The van der Waals surface area contributed by atoms with Crippen LogP contribution in [-0.4, -0.2) is 54.2 Å². The summed E-state index contributed by atoms with van der Waals surface area (Å²) in [7, 11) is 0. The number of alkyl halides is 3. The van der Waals surface area contributed by atoms with E-state index in [2.05, 4.69) is 18.4 Å². The van der Waals surface area contributed by atoms with Gasteiger partial charge in [0.2, 0.25) is 5.91 Å². The van der Waals surface area contributed by atoms with E-state index in [-0.39, 0.29) is 42.6 Å². The lowest BCUT2D eigenvalue weighted by Gasteiger charge is -2.36. The van der Waals surface area contributed by atoms with Crippen molar-refractivity contribution in [2.75, 3.05) is 37.6 Å². The molecule has 0 radical (unpaired) electrons. The molecule has 1 aliphatic rings. The smallest absolute Gasteiger partial charge is 0.337 e. The zero-order valence-corrected chi connectivity index (χ0v) is 31.6. The second kappa shape index (κ2) is 19.5. The number of hydrogen-bond donors (Lipinski definition) is 0. The molecule has 1 heterocycles. The Morgan fingerprint density at radius 3 is 2.06 bits per heavy atom. The predicted octanol–water partition coefficient (Wildman–Crippen LogP) is 10.6. The molecular weight excluding hydrogens is 697 g/mol. The van der Waals surface area contributed by atoms with Crippen LogP contribution >= 0.6 is 0 Å². The van der Waals surface area contributed by atoms with Gasteiger partial charge < -0.3 is 14.7 Å². The third-order valence-corrected chi connectivity index (χ3v) is 9.82. The molecule has 1 fully saturated rings. The molecule has 0 N–H and O–H groups in total. The number of halogens is 5. The summed E-state index contributed by atoms with van der Waals surface area (Å²) in [5, 5.41) is 0. The first-order valence-electron chi connectivity index (χ1n) is 18.6. The monoisotopic (exact) mass is 747 g/mol. The largest absolute Gasteiger partial charge is 0.416 e. The van der Waals surface area contributed by atoms with E-state index in [0.717, 1.165) is 61.8 Å². The molecule has 0 unspecified atom stereocenters. The maximum Gasteiger partial charge on any atom is 0.416 e. The topological polar surface area (TPSA) is 43.9 Å². The third-order valence-electron chi connectivity index (χ3n) is 9.82. The number of Topliss-reactive ketones (excluding diaryl/α,β-unsaturated/α-hetero) is 1. The SMILES string of the molecule is C=C(CCc1cccc(F)c1F)N(CC(=O)N(Cc1ccc(-c2ccc(C(F)(F)F)cc2)cc1)CC1CCN(CC)CC1)c1ccccc1C(C)=O.CC. The maximum atomic E-state index is 14.6. The van der Waals surface area contributed by atoms with Gasteiger partial charge in [-0.3, -0.25) is 9.59 Å². The summed E-state index contributed by atoms with van der Waals surface area (Å²) in [6, 6.07) is 23.4. The van der Waals surface area contributed by atoms with Crippen molar-refractivity contribution >= 4 is 17.4 Å². The van der Waals surface area contributed by atoms with Crippen LogP contribution in [0.15, 0.2) is 103 Å². The van der Waals surface area contributed by atoms with E-state index in [9.17, 15) is 31.5 Å². The number of allylic oxidation sites excluding steroid dienone is 1. The molecular formula is C44H50F5N3O2. The van der Waals surface area contributed by atoms with Crippen LogP contribution in [0.1, 0.15) is 74.0 Å². The molecule has 4 aromatic rings. The van der Waals surface area contributed by atoms with Crippen LogP contribution < -0.4 is 4.90 Å². The highest BCUT2D eigenvalue weighted by molar-refractivity contribution is 6.00. The number of para-hydroxylation sites is 1. The quantitative estimate of drug-likeness (QED) is 0.0952. The molecule has 54 heavy (non-hydrogen) atoms. The summed E-state index contributed by atoms with van der Waals surface area (Å²) in [4.78, 5) is 33.1. The van der Waals surface area contributed by atoms with Gasteiger partial charge in [-0.15, -0.1) is 0 Å². The fraction of sp³-hybridized carbons (Fsp3) is 0.364. The van der Waals surface area contributed by atoms with Crippen molar-refractivity contribution in [3.8, 4) is 11.1 Å². The first-order chi connectivity index (χ1) is 25.8. The van der Waals surface area contributed by atoms with E-state index >= 15 is 0 Å². The Hall–Kier alpha value is -4.83. The van der Waals surface area contributed by atoms with Gasteiger partial charge in [0.1, 0.15) is 6.54 Å². The number of carbonyl (C=O) groups excluding carboxylic acids is 2. The number of piperidine rings is 1. The fourth-order valence-electron chi connectivity index (χ4n) is 6.69. The van der Waals surface area contributed by atoms with E-state index in [1.54, 1.807) is 29.2 Å². The average Bonchev–Trinajstić information content (AvgIpc) is 3.18. The van der Waals surface area contributed by atoms with Gasteiger partial charge in [0.25, 0.3) is 0 Å². The number of amides is 1. The summed E-state index contributed by atoms with van der Waals surface area (Å²) < 4.78 is 67.8. The van der Waals surface area contributed by atoms with Gasteiger partial charge in [0.15, 0.2) is 17.4 Å². The Balaban J connectivity index is 0.00000319. The highest BCUT2D eigenvalue weighted by Gasteiger charge is 2.30.